The fourth-order valence-corrected chi connectivity index (χ4v) is 6.55. The number of hydrogen-bond acceptors (Lipinski definition) is 5. The molecule has 38 heavy (non-hydrogen) atoms. The number of benzene rings is 1. The maximum Gasteiger partial charge on any atom is 0.306 e. The number of nitrogens with one attached hydrogen (secondary N) is 2. The smallest absolute Gasteiger partial charge is 0.306 e. The number of H-pyrrole nitrogens is 1. The Bertz CT molecular complexity index is 1370. The van der Waals surface area contributed by atoms with Crippen molar-refractivity contribution in [1.29, 1.82) is 0 Å². The van der Waals surface area contributed by atoms with E-state index < -0.39 is 0 Å². The normalized spacial score (nSPS) is 18.3. The van der Waals surface area contributed by atoms with Gasteiger partial charge < -0.3 is 19.6 Å². The van der Waals surface area contributed by atoms with Gasteiger partial charge in [-0.05, 0) is 77.2 Å². The van der Waals surface area contributed by atoms with Gasteiger partial charge in [0.15, 0.2) is 0 Å². The zero-order valence-corrected chi connectivity index (χ0v) is 23.9. The van der Waals surface area contributed by atoms with Gasteiger partial charge in [-0.25, -0.2) is 0 Å². The monoisotopic (exact) mass is 537 g/mol. The summed E-state index contributed by atoms with van der Waals surface area (Å²) in [5.41, 5.74) is 3.83. The Morgan fingerprint density at radius 3 is 2.58 bits per heavy atom. The van der Waals surface area contributed by atoms with Crippen molar-refractivity contribution in [2.24, 2.45) is 5.92 Å². The van der Waals surface area contributed by atoms with E-state index in [0.717, 1.165) is 59.3 Å². The number of pyridine rings is 1. The Balaban J connectivity index is 1.54. The van der Waals surface area contributed by atoms with Crippen LogP contribution in [-0.2, 0) is 16.1 Å². The van der Waals surface area contributed by atoms with Crippen molar-refractivity contribution in [3.05, 3.63) is 63.2 Å². The van der Waals surface area contributed by atoms with Gasteiger partial charge in [-0.1, -0.05) is 25.1 Å². The molecule has 0 unspecified atom stereocenters. The second kappa shape index (κ2) is 12.2. The molecule has 2 N–H and O–H groups in total. The quantitative estimate of drug-likeness (QED) is 0.256. The van der Waals surface area contributed by atoms with E-state index in [9.17, 15) is 14.4 Å². The van der Waals surface area contributed by atoms with E-state index in [1.54, 1.807) is 0 Å². The van der Waals surface area contributed by atoms with Crippen LogP contribution in [0.15, 0.2) is 40.0 Å². The molecule has 3 aromatic rings. The molecule has 0 aliphatic heterocycles. The zero-order valence-electron chi connectivity index (χ0n) is 23.1. The van der Waals surface area contributed by atoms with Gasteiger partial charge in [0.05, 0.1) is 5.56 Å². The number of aromatic amines is 1. The molecule has 2 aromatic heterocycles. The maximum atomic E-state index is 13.5. The maximum absolute atomic E-state index is 13.5. The second-order valence-electron chi connectivity index (χ2n) is 10.4. The molecule has 204 valence electrons. The van der Waals surface area contributed by atoms with E-state index in [1.165, 1.54) is 11.8 Å². The van der Waals surface area contributed by atoms with Crippen molar-refractivity contribution in [2.75, 3.05) is 6.26 Å². The van der Waals surface area contributed by atoms with Crippen LogP contribution < -0.4 is 10.9 Å². The van der Waals surface area contributed by atoms with Crippen LogP contribution in [0.2, 0.25) is 0 Å². The molecule has 8 heteroatoms. The first-order valence-electron chi connectivity index (χ1n) is 13.6. The lowest BCUT2D eigenvalue weighted by molar-refractivity contribution is -0.151. The zero-order chi connectivity index (χ0) is 27.4. The molecule has 7 nitrogen and oxygen atoms in total. The number of ether oxygens (including phenoxy) is 1. The van der Waals surface area contributed by atoms with E-state index in [0.29, 0.717) is 23.5 Å². The van der Waals surface area contributed by atoms with Crippen molar-refractivity contribution in [2.45, 2.75) is 89.8 Å². The number of aryl methyl sites for hydroxylation is 1. The SMILES string of the molecule is CCCC(=O)OC1CCC([C@@H](C)n2c(C)c(C(=O)NCc3c(SC)cc(C)[nH]c3=O)c3ccccc32)CC1. The summed E-state index contributed by atoms with van der Waals surface area (Å²) < 4.78 is 7.96. The highest BCUT2D eigenvalue weighted by molar-refractivity contribution is 7.98. The summed E-state index contributed by atoms with van der Waals surface area (Å²) in [6.45, 7) is 8.25. The highest BCUT2D eigenvalue weighted by atomic mass is 32.2. The van der Waals surface area contributed by atoms with Crippen LogP contribution in [-0.4, -0.2) is 33.8 Å². The summed E-state index contributed by atoms with van der Waals surface area (Å²) >= 11 is 1.50. The van der Waals surface area contributed by atoms with Gasteiger partial charge in [0.2, 0.25) is 0 Å². The molecule has 1 amide bonds. The molecule has 4 rings (SSSR count). The van der Waals surface area contributed by atoms with Crippen LogP contribution in [0.3, 0.4) is 0 Å². The number of thioether (sulfide) groups is 1. The number of aromatic nitrogens is 2. The minimum Gasteiger partial charge on any atom is -0.462 e. The fraction of sp³-hybridized carbons (Fsp3) is 0.500. The van der Waals surface area contributed by atoms with Gasteiger partial charge in [0.25, 0.3) is 11.5 Å². The van der Waals surface area contributed by atoms with Crippen LogP contribution in [0.4, 0.5) is 0 Å². The van der Waals surface area contributed by atoms with E-state index in [2.05, 4.69) is 27.9 Å². The molecule has 0 spiro atoms. The van der Waals surface area contributed by atoms with Gasteiger partial charge in [-0.3, -0.25) is 14.4 Å². The Morgan fingerprint density at radius 1 is 1.18 bits per heavy atom. The molecular formula is C30H39N3O4S. The third kappa shape index (κ3) is 5.85. The number of carbonyl (C=O) groups is 2. The van der Waals surface area contributed by atoms with Gasteiger partial charge in [0, 0.05) is 51.8 Å². The number of nitrogens with zero attached hydrogens (tertiary/aromatic N) is 1. The molecule has 0 saturated heterocycles. The number of carbonyl (C=O) groups excluding carboxylic acids is 2. The average molecular weight is 538 g/mol. The topological polar surface area (TPSA) is 93.2 Å². The van der Waals surface area contributed by atoms with E-state index in [-0.39, 0.29) is 36.1 Å². The Hall–Kier alpha value is -3.00. The minimum absolute atomic E-state index is 0.0115. The first-order chi connectivity index (χ1) is 18.2. The van der Waals surface area contributed by atoms with Crippen molar-refractivity contribution >= 4 is 34.5 Å². The van der Waals surface area contributed by atoms with Crippen LogP contribution >= 0.6 is 11.8 Å². The summed E-state index contributed by atoms with van der Waals surface area (Å²) in [7, 11) is 0. The Labute approximate surface area is 228 Å². The summed E-state index contributed by atoms with van der Waals surface area (Å²) in [6.07, 6.45) is 6.93. The average Bonchev–Trinajstić information content (AvgIpc) is 3.19. The number of rotatable bonds is 9. The van der Waals surface area contributed by atoms with Gasteiger partial charge in [0.1, 0.15) is 6.10 Å². The van der Waals surface area contributed by atoms with Crippen LogP contribution in [0, 0.1) is 19.8 Å². The Morgan fingerprint density at radius 2 is 1.89 bits per heavy atom. The van der Waals surface area contributed by atoms with Gasteiger partial charge in [-0.15, -0.1) is 11.8 Å². The van der Waals surface area contributed by atoms with Gasteiger partial charge >= 0.3 is 5.97 Å². The number of amides is 1. The van der Waals surface area contributed by atoms with Crippen molar-refractivity contribution < 1.29 is 14.3 Å². The molecule has 0 radical (unpaired) electrons. The lowest BCUT2D eigenvalue weighted by Gasteiger charge is -2.33. The predicted octanol–water partition coefficient (Wildman–Crippen LogP) is 6.06. The third-order valence-electron chi connectivity index (χ3n) is 7.82. The lowest BCUT2D eigenvalue weighted by Crippen LogP contribution is -2.29. The van der Waals surface area contributed by atoms with Crippen molar-refractivity contribution in [3.63, 3.8) is 0 Å². The molecule has 1 atom stereocenters. The molecule has 1 saturated carbocycles. The molecule has 1 aliphatic rings. The van der Waals surface area contributed by atoms with Gasteiger partial charge in [-0.2, -0.15) is 0 Å². The fourth-order valence-electron chi connectivity index (χ4n) is 5.84. The van der Waals surface area contributed by atoms with E-state index in [4.69, 9.17) is 4.74 Å². The number of hydrogen-bond donors (Lipinski definition) is 2. The molecule has 2 heterocycles. The van der Waals surface area contributed by atoms with Crippen LogP contribution in [0.5, 0.6) is 0 Å². The largest absolute Gasteiger partial charge is 0.462 e. The third-order valence-corrected chi connectivity index (χ3v) is 8.62. The highest BCUT2D eigenvalue weighted by Crippen LogP contribution is 2.38. The molecule has 0 bridgehead atoms. The second-order valence-corrected chi connectivity index (χ2v) is 11.2. The standard InChI is InChI=1S/C30H39N3O4S/c1-6-9-27(34)37-22-14-12-21(13-15-22)19(3)33-20(4)28(23-10-7-8-11-25(23)33)30(36)31-17-24-26(38-5)16-18(2)32-29(24)35/h7-8,10-11,16,19,21-22H,6,9,12-15,17H2,1-5H3,(H,31,36)(H,32,35)/t19-,21?,22?/m1/s1. The van der Waals surface area contributed by atoms with Crippen molar-refractivity contribution in [3.8, 4) is 0 Å². The summed E-state index contributed by atoms with van der Waals surface area (Å²) in [4.78, 5) is 41.8. The molecule has 1 fully saturated rings. The number of esters is 1. The first-order valence-corrected chi connectivity index (χ1v) is 14.8. The van der Waals surface area contributed by atoms with E-state index >= 15 is 0 Å². The van der Waals surface area contributed by atoms with Crippen molar-refractivity contribution in [1.82, 2.24) is 14.9 Å². The summed E-state index contributed by atoms with van der Waals surface area (Å²) in [6, 6.07) is 10.2. The van der Waals surface area contributed by atoms with Crippen LogP contribution in [0.25, 0.3) is 10.9 Å². The Kier molecular flexibility index (Phi) is 9.03. The first kappa shape index (κ1) is 28.0. The molecule has 1 aromatic carbocycles. The summed E-state index contributed by atoms with van der Waals surface area (Å²) in [5.74, 6) is 0.157. The highest BCUT2D eigenvalue weighted by Gasteiger charge is 2.31. The number of fused-ring (bicyclic) bond motifs is 1. The number of para-hydroxylation sites is 1. The predicted molar refractivity (Wildman–Crippen MR) is 153 cm³/mol. The molecular weight excluding hydrogens is 498 g/mol. The minimum atomic E-state index is -0.178. The summed E-state index contributed by atoms with van der Waals surface area (Å²) in [5, 5.41) is 3.93. The van der Waals surface area contributed by atoms with Crippen LogP contribution in [0.1, 0.15) is 85.7 Å². The van der Waals surface area contributed by atoms with E-state index in [1.807, 2.05) is 51.3 Å². The molecule has 1 aliphatic carbocycles. The lowest BCUT2D eigenvalue weighted by atomic mass is 9.83.